The molecule has 0 aliphatic rings. The molecule has 0 amide bonds. The molecule has 4 nitrogen and oxygen atoms in total. The van der Waals surface area contributed by atoms with Crippen LogP contribution < -0.4 is 0 Å². The zero-order valence-electron chi connectivity index (χ0n) is 10.9. The minimum Gasteiger partial charge on any atom is -0.465 e. The lowest BCUT2D eigenvalue weighted by atomic mass is 10.3. The Morgan fingerprint density at radius 2 is 1.22 bits per heavy atom. The highest BCUT2D eigenvalue weighted by Crippen LogP contribution is 1.97. The van der Waals surface area contributed by atoms with Crippen LogP contribution in [0.2, 0.25) is 0 Å². The predicted octanol–water partition coefficient (Wildman–Crippen LogP) is 1.68. The number of hydrogen-bond acceptors (Lipinski definition) is 4. The Hall–Kier alpha value is -1.94. The molecule has 18 heavy (non-hydrogen) atoms. The van der Waals surface area contributed by atoms with Crippen LogP contribution in [0.25, 0.3) is 0 Å². The van der Waals surface area contributed by atoms with Gasteiger partial charge in [0.1, 0.15) is 13.2 Å². The minimum atomic E-state index is -0.404. The summed E-state index contributed by atoms with van der Waals surface area (Å²) in [5.74, 6) is 10.1. The zero-order valence-corrected chi connectivity index (χ0v) is 10.9. The number of esters is 2. The predicted molar refractivity (Wildman–Crippen MR) is 67.3 cm³/mol. The first kappa shape index (κ1) is 16.1. The normalized spacial score (nSPS) is 8.33. The molecule has 0 atom stereocenters. The molecule has 0 aliphatic carbocycles. The van der Waals surface area contributed by atoms with Crippen molar-refractivity contribution in [3.63, 3.8) is 0 Å². The van der Waals surface area contributed by atoms with Gasteiger partial charge < -0.3 is 9.47 Å². The second-order valence-corrected chi connectivity index (χ2v) is 3.29. The van der Waals surface area contributed by atoms with Crippen molar-refractivity contribution >= 4 is 11.9 Å². The third kappa shape index (κ3) is 10.6. The fraction of sp³-hybridized carbons (Fsp3) is 0.571. The van der Waals surface area contributed by atoms with Crippen LogP contribution in [0.5, 0.6) is 0 Å². The second kappa shape index (κ2) is 11.5. The average molecular weight is 250 g/mol. The molecule has 0 bridgehead atoms. The average Bonchev–Trinajstić information content (AvgIpc) is 2.37. The molecule has 0 aromatic heterocycles. The molecule has 0 heterocycles. The third-order valence-corrected chi connectivity index (χ3v) is 1.87. The van der Waals surface area contributed by atoms with Gasteiger partial charge >= 0.3 is 11.9 Å². The summed E-state index contributed by atoms with van der Waals surface area (Å²) in [5.41, 5.74) is 0. The first-order chi connectivity index (χ1) is 8.70. The van der Waals surface area contributed by atoms with Crippen LogP contribution in [0.1, 0.15) is 39.5 Å². The van der Waals surface area contributed by atoms with Gasteiger partial charge in [-0.25, -0.2) is 0 Å². The Labute approximate surface area is 108 Å². The molecule has 0 saturated heterocycles. The van der Waals surface area contributed by atoms with Crippen LogP contribution in [-0.2, 0) is 19.1 Å². The van der Waals surface area contributed by atoms with E-state index in [2.05, 4.69) is 23.7 Å². The van der Waals surface area contributed by atoms with Crippen molar-refractivity contribution in [3.05, 3.63) is 0 Å². The van der Waals surface area contributed by atoms with Crippen LogP contribution in [0, 0.1) is 23.7 Å². The minimum absolute atomic E-state index is 0.0395. The van der Waals surface area contributed by atoms with Gasteiger partial charge in [0.05, 0.1) is 12.8 Å². The molecule has 0 fully saturated rings. The standard InChI is InChI=1S/C14H18O4/c1-3-5-7-11-17-13(15)9-10-14(16)18-12-8-6-4-2/h7-12H2,1-2H3. The summed E-state index contributed by atoms with van der Waals surface area (Å²) in [6.45, 7) is 3.98. The molecule has 0 N–H and O–H groups in total. The maximum atomic E-state index is 11.2. The van der Waals surface area contributed by atoms with Gasteiger partial charge in [0, 0.05) is 12.8 Å². The van der Waals surface area contributed by atoms with Crippen LogP contribution in [0.15, 0.2) is 0 Å². The summed E-state index contributed by atoms with van der Waals surface area (Å²) in [5, 5.41) is 0. The third-order valence-electron chi connectivity index (χ3n) is 1.87. The summed E-state index contributed by atoms with van der Waals surface area (Å²) in [6.07, 6.45) is 1.11. The van der Waals surface area contributed by atoms with Crippen molar-refractivity contribution in [1.82, 2.24) is 0 Å². The number of carbonyl (C=O) groups excluding carboxylic acids is 2. The van der Waals surface area contributed by atoms with E-state index in [0.29, 0.717) is 12.8 Å². The number of carbonyl (C=O) groups is 2. The summed E-state index contributed by atoms with van der Waals surface area (Å²) in [7, 11) is 0. The highest BCUT2D eigenvalue weighted by atomic mass is 16.5. The Bertz CT molecular complexity index is 338. The molecule has 0 unspecified atom stereocenters. The van der Waals surface area contributed by atoms with Gasteiger partial charge in [-0.3, -0.25) is 9.59 Å². The van der Waals surface area contributed by atoms with Gasteiger partial charge in [0.2, 0.25) is 0 Å². The summed E-state index contributed by atoms with van der Waals surface area (Å²) < 4.78 is 9.73. The van der Waals surface area contributed by atoms with E-state index in [-0.39, 0.29) is 26.1 Å². The topological polar surface area (TPSA) is 52.6 Å². The first-order valence-corrected chi connectivity index (χ1v) is 5.81. The second-order valence-electron chi connectivity index (χ2n) is 3.29. The molecule has 0 aromatic rings. The van der Waals surface area contributed by atoms with Gasteiger partial charge in [-0.15, -0.1) is 23.7 Å². The molecule has 0 aliphatic heterocycles. The van der Waals surface area contributed by atoms with E-state index in [4.69, 9.17) is 9.47 Å². The quantitative estimate of drug-likeness (QED) is 0.392. The van der Waals surface area contributed by atoms with E-state index in [9.17, 15) is 9.59 Å². The molecule has 0 saturated carbocycles. The van der Waals surface area contributed by atoms with Crippen molar-refractivity contribution in [2.24, 2.45) is 0 Å². The Morgan fingerprint density at radius 1 is 0.833 bits per heavy atom. The van der Waals surface area contributed by atoms with Crippen molar-refractivity contribution in [2.45, 2.75) is 39.5 Å². The van der Waals surface area contributed by atoms with Gasteiger partial charge in [0.25, 0.3) is 0 Å². The Kier molecular flexibility index (Phi) is 10.3. The fourth-order valence-electron chi connectivity index (χ4n) is 1.03. The van der Waals surface area contributed by atoms with Crippen LogP contribution in [0.4, 0.5) is 0 Å². The van der Waals surface area contributed by atoms with Gasteiger partial charge in [-0.05, 0) is 13.8 Å². The van der Waals surface area contributed by atoms with Gasteiger partial charge in [-0.2, -0.15) is 0 Å². The number of hydrogen-bond donors (Lipinski definition) is 0. The van der Waals surface area contributed by atoms with Crippen molar-refractivity contribution in [1.29, 1.82) is 0 Å². The molecule has 0 rings (SSSR count). The van der Waals surface area contributed by atoms with E-state index >= 15 is 0 Å². The smallest absolute Gasteiger partial charge is 0.306 e. The zero-order chi connectivity index (χ0) is 13.6. The maximum absolute atomic E-state index is 11.2. The van der Waals surface area contributed by atoms with E-state index in [1.807, 2.05) is 0 Å². The monoisotopic (exact) mass is 250 g/mol. The van der Waals surface area contributed by atoms with Gasteiger partial charge in [-0.1, -0.05) is 0 Å². The van der Waals surface area contributed by atoms with Crippen LogP contribution in [-0.4, -0.2) is 25.2 Å². The first-order valence-electron chi connectivity index (χ1n) is 5.81. The number of rotatable bonds is 7. The SMILES string of the molecule is CC#CCCOC(=O)CCC(=O)OCCC#CC. The lowest BCUT2D eigenvalue weighted by Crippen LogP contribution is -2.11. The van der Waals surface area contributed by atoms with E-state index in [0.717, 1.165) is 0 Å². The molecule has 4 heteroatoms. The summed E-state index contributed by atoms with van der Waals surface area (Å²) >= 11 is 0. The largest absolute Gasteiger partial charge is 0.465 e. The summed E-state index contributed by atoms with van der Waals surface area (Å²) in [4.78, 5) is 22.4. The molecular formula is C14H18O4. The molecule has 0 aromatic carbocycles. The van der Waals surface area contributed by atoms with Crippen molar-refractivity contribution in [3.8, 4) is 23.7 Å². The lowest BCUT2D eigenvalue weighted by molar-refractivity contribution is -0.150. The number of ether oxygens (including phenoxy) is 2. The van der Waals surface area contributed by atoms with Gasteiger partial charge in [0.15, 0.2) is 0 Å². The Morgan fingerprint density at radius 3 is 1.56 bits per heavy atom. The molecular weight excluding hydrogens is 232 g/mol. The molecule has 0 radical (unpaired) electrons. The highest BCUT2D eigenvalue weighted by Gasteiger charge is 2.08. The Balaban J connectivity index is 3.53. The van der Waals surface area contributed by atoms with Crippen LogP contribution in [0.3, 0.4) is 0 Å². The van der Waals surface area contributed by atoms with E-state index in [1.54, 1.807) is 13.8 Å². The van der Waals surface area contributed by atoms with Crippen LogP contribution >= 0.6 is 0 Å². The summed E-state index contributed by atoms with van der Waals surface area (Å²) in [6, 6.07) is 0. The van der Waals surface area contributed by atoms with Crippen molar-refractivity contribution in [2.75, 3.05) is 13.2 Å². The molecule has 98 valence electrons. The lowest BCUT2D eigenvalue weighted by Gasteiger charge is -2.03. The maximum Gasteiger partial charge on any atom is 0.306 e. The highest BCUT2D eigenvalue weighted by molar-refractivity contribution is 5.77. The van der Waals surface area contributed by atoms with E-state index < -0.39 is 11.9 Å². The van der Waals surface area contributed by atoms with E-state index in [1.165, 1.54) is 0 Å². The molecule has 0 spiro atoms. The van der Waals surface area contributed by atoms with Crippen molar-refractivity contribution < 1.29 is 19.1 Å². The fourth-order valence-corrected chi connectivity index (χ4v) is 1.03.